The van der Waals surface area contributed by atoms with Gasteiger partial charge in [-0.1, -0.05) is 0 Å². The maximum atomic E-state index is 5.81. The Bertz CT molecular complexity index is 280. The van der Waals surface area contributed by atoms with E-state index in [9.17, 15) is 0 Å². The Morgan fingerprint density at radius 2 is 2.56 bits per heavy atom. The molecule has 16 heavy (non-hydrogen) atoms. The molecule has 0 amide bonds. The van der Waals surface area contributed by atoms with Crippen LogP contribution in [0.3, 0.4) is 0 Å². The summed E-state index contributed by atoms with van der Waals surface area (Å²) in [5.74, 6) is 0.955. The van der Waals surface area contributed by atoms with Crippen molar-refractivity contribution in [2.24, 2.45) is 0 Å². The molecule has 0 radical (unpaired) electrons. The van der Waals surface area contributed by atoms with E-state index in [0.717, 1.165) is 38.5 Å². The third kappa shape index (κ3) is 3.63. The lowest BCUT2D eigenvalue weighted by molar-refractivity contribution is -0.00579. The highest BCUT2D eigenvalue weighted by Gasteiger charge is 2.18. The van der Waals surface area contributed by atoms with Gasteiger partial charge >= 0.3 is 0 Å². The molecule has 1 saturated heterocycles. The molecule has 1 aliphatic rings. The van der Waals surface area contributed by atoms with Crippen molar-refractivity contribution in [3.63, 3.8) is 0 Å². The first kappa shape index (κ1) is 11.6. The SMILES string of the molecule is CC(CNCc1ccco1)OC1CCOC1. The van der Waals surface area contributed by atoms with Gasteiger partial charge in [0.25, 0.3) is 0 Å². The van der Waals surface area contributed by atoms with Gasteiger partial charge in [-0.2, -0.15) is 0 Å². The molecule has 1 aromatic rings. The van der Waals surface area contributed by atoms with E-state index in [0.29, 0.717) is 0 Å². The second kappa shape index (κ2) is 6.03. The molecule has 90 valence electrons. The minimum Gasteiger partial charge on any atom is -0.468 e. The topological polar surface area (TPSA) is 43.6 Å². The summed E-state index contributed by atoms with van der Waals surface area (Å²) in [6, 6.07) is 3.86. The van der Waals surface area contributed by atoms with Crippen LogP contribution in [0.25, 0.3) is 0 Å². The highest BCUT2D eigenvalue weighted by molar-refractivity contribution is 4.97. The van der Waals surface area contributed by atoms with Crippen LogP contribution in [-0.4, -0.2) is 32.0 Å². The lowest BCUT2D eigenvalue weighted by Gasteiger charge is -2.17. The van der Waals surface area contributed by atoms with Crippen molar-refractivity contribution >= 4 is 0 Å². The number of ether oxygens (including phenoxy) is 2. The average Bonchev–Trinajstić information content (AvgIpc) is 2.90. The van der Waals surface area contributed by atoms with E-state index in [4.69, 9.17) is 13.9 Å². The molecule has 2 rings (SSSR count). The van der Waals surface area contributed by atoms with Crippen molar-refractivity contribution in [2.45, 2.75) is 32.1 Å². The standard InChI is InChI=1S/C12H19NO3/c1-10(16-12-4-6-14-9-12)7-13-8-11-3-2-5-15-11/h2-3,5,10,12-13H,4,6-9H2,1H3. The van der Waals surface area contributed by atoms with Crippen molar-refractivity contribution in [3.05, 3.63) is 24.2 Å². The minimum absolute atomic E-state index is 0.210. The van der Waals surface area contributed by atoms with Gasteiger partial charge in [-0.25, -0.2) is 0 Å². The third-order valence-corrected chi connectivity index (χ3v) is 2.62. The summed E-state index contributed by atoms with van der Waals surface area (Å²) in [5.41, 5.74) is 0. The molecule has 0 bridgehead atoms. The molecule has 2 atom stereocenters. The Morgan fingerprint density at radius 1 is 1.62 bits per heavy atom. The van der Waals surface area contributed by atoms with E-state index in [-0.39, 0.29) is 12.2 Å². The smallest absolute Gasteiger partial charge is 0.117 e. The Balaban J connectivity index is 1.58. The Kier molecular flexibility index (Phi) is 4.39. The van der Waals surface area contributed by atoms with Crippen molar-refractivity contribution in [1.82, 2.24) is 5.32 Å². The number of furan rings is 1. The molecule has 1 fully saturated rings. The number of hydrogen-bond donors (Lipinski definition) is 1. The molecule has 1 N–H and O–H groups in total. The Hall–Kier alpha value is -0.840. The second-order valence-electron chi connectivity index (χ2n) is 4.14. The minimum atomic E-state index is 0.210. The van der Waals surface area contributed by atoms with E-state index >= 15 is 0 Å². The third-order valence-electron chi connectivity index (χ3n) is 2.62. The molecule has 4 heteroatoms. The van der Waals surface area contributed by atoms with Crippen LogP contribution in [0.2, 0.25) is 0 Å². The van der Waals surface area contributed by atoms with Crippen LogP contribution >= 0.6 is 0 Å². The number of hydrogen-bond acceptors (Lipinski definition) is 4. The highest BCUT2D eigenvalue weighted by atomic mass is 16.5. The van der Waals surface area contributed by atoms with Crippen molar-refractivity contribution < 1.29 is 13.9 Å². The first-order valence-electron chi connectivity index (χ1n) is 5.81. The second-order valence-corrected chi connectivity index (χ2v) is 4.14. The Morgan fingerprint density at radius 3 is 3.25 bits per heavy atom. The predicted molar refractivity (Wildman–Crippen MR) is 60.2 cm³/mol. The van der Waals surface area contributed by atoms with Crippen molar-refractivity contribution in [3.8, 4) is 0 Å². The zero-order valence-electron chi connectivity index (χ0n) is 9.65. The normalized spacial score (nSPS) is 22.4. The first-order chi connectivity index (χ1) is 7.84. The van der Waals surface area contributed by atoms with E-state index in [2.05, 4.69) is 12.2 Å². The summed E-state index contributed by atoms with van der Waals surface area (Å²) in [4.78, 5) is 0. The molecule has 0 aromatic carbocycles. The van der Waals surface area contributed by atoms with E-state index in [1.807, 2.05) is 12.1 Å². The van der Waals surface area contributed by atoms with Gasteiger partial charge in [-0.05, 0) is 25.5 Å². The number of nitrogens with one attached hydrogen (secondary N) is 1. The van der Waals surface area contributed by atoms with Gasteiger partial charge in [0.1, 0.15) is 5.76 Å². The van der Waals surface area contributed by atoms with Crippen molar-refractivity contribution in [2.75, 3.05) is 19.8 Å². The van der Waals surface area contributed by atoms with Crippen LogP contribution in [0.1, 0.15) is 19.1 Å². The summed E-state index contributed by atoms with van der Waals surface area (Å²) in [6.45, 7) is 5.23. The summed E-state index contributed by atoms with van der Waals surface area (Å²) < 4.78 is 16.3. The van der Waals surface area contributed by atoms with Gasteiger partial charge in [-0.3, -0.25) is 0 Å². The van der Waals surface area contributed by atoms with E-state index in [1.54, 1.807) is 6.26 Å². The molecule has 0 saturated carbocycles. The van der Waals surface area contributed by atoms with Crippen LogP contribution in [0.15, 0.2) is 22.8 Å². The molecule has 1 aromatic heterocycles. The molecule has 2 unspecified atom stereocenters. The maximum absolute atomic E-state index is 5.81. The van der Waals surface area contributed by atoms with E-state index < -0.39 is 0 Å². The molecule has 4 nitrogen and oxygen atoms in total. The summed E-state index contributed by atoms with van der Waals surface area (Å²) in [7, 11) is 0. The fourth-order valence-electron chi connectivity index (χ4n) is 1.81. The van der Waals surface area contributed by atoms with Gasteiger partial charge < -0.3 is 19.2 Å². The lowest BCUT2D eigenvalue weighted by Crippen LogP contribution is -2.30. The monoisotopic (exact) mass is 225 g/mol. The van der Waals surface area contributed by atoms with Crippen LogP contribution in [-0.2, 0) is 16.0 Å². The average molecular weight is 225 g/mol. The van der Waals surface area contributed by atoms with Gasteiger partial charge in [0, 0.05) is 13.2 Å². The molecular formula is C12H19NO3. The van der Waals surface area contributed by atoms with Crippen LogP contribution in [0.4, 0.5) is 0 Å². The fourth-order valence-corrected chi connectivity index (χ4v) is 1.81. The zero-order valence-corrected chi connectivity index (χ0v) is 9.65. The quantitative estimate of drug-likeness (QED) is 0.798. The summed E-state index contributed by atoms with van der Waals surface area (Å²) in [6.07, 6.45) is 3.19. The van der Waals surface area contributed by atoms with Crippen LogP contribution in [0.5, 0.6) is 0 Å². The van der Waals surface area contributed by atoms with Crippen LogP contribution < -0.4 is 5.32 Å². The van der Waals surface area contributed by atoms with Gasteiger partial charge in [0.2, 0.25) is 0 Å². The molecular weight excluding hydrogens is 206 g/mol. The molecule has 0 aliphatic carbocycles. The van der Waals surface area contributed by atoms with Gasteiger partial charge in [-0.15, -0.1) is 0 Å². The first-order valence-corrected chi connectivity index (χ1v) is 5.81. The highest BCUT2D eigenvalue weighted by Crippen LogP contribution is 2.10. The fraction of sp³-hybridized carbons (Fsp3) is 0.667. The van der Waals surface area contributed by atoms with E-state index in [1.165, 1.54) is 0 Å². The van der Waals surface area contributed by atoms with Crippen molar-refractivity contribution in [1.29, 1.82) is 0 Å². The maximum Gasteiger partial charge on any atom is 0.117 e. The Labute approximate surface area is 95.9 Å². The summed E-state index contributed by atoms with van der Waals surface area (Å²) >= 11 is 0. The lowest BCUT2D eigenvalue weighted by atomic mass is 10.3. The largest absolute Gasteiger partial charge is 0.468 e. The number of rotatable bonds is 6. The summed E-state index contributed by atoms with van der Waals surface area (Å²) in [5, 5.41) is 3.30. The molecule has 2 heterocycles. The molecule has 0 spiro atoms. The van der Waals surface area contributed by atoms with Gasteiger partial charge in [0.05, 0.1) is 31.6 Å². The van der Waals surface area contributed by atoms with Crippen LogP contribution in [0, 0.1) is 0 Å². The predicted octanol–water partition coefficient (Wildman–Crippen LogP) is 1.56. The van der Waals surface area contributed by atoms with Gasteiger partial charge in [0.15, 0.2) is 0 Å². The zero-order chi connectivity index (χ0) is 11.2. The molecule has 1 aliphatic heterocycles.